The zero-order chi connectivity index (χ0) is 11.1. The second-order valence-corrected chi connectivity index (χ2v) is 5.13. The molecule has 1 N–H and O–H groups in total. The quantitative estimate of drug-likeness (QED) is 0.687. The van der Waals surface area contributed by atoms with E-state index in [-0.39, 0.29) is 5.60 Å². The van der Waals surface area contributed by atoms with E-state index in [0.29, 0.717) is 6.10 Å². The average Bonchev–Trinajstić information content (AvgIpc) is 2.61. The summed E-state index contributed by atoms with van der Waals surface area (Å²) in [7, 11) is 0. The fourth-order valence-electron chi connectivity index (χ4n) is 1.69. The Morgan fingerprint density at radius 3 is 2.73 bits per heavy atom. The molecule has 0 aromatic rings. The average molecular weight is 215 g/mol. The molecule has 1 aliphatic rings. The standard InChI is InChI=1S/C12H25NO2/c1-12(2,3)15-10-8-13-7-6-11-5-4-9-14-11/h11,13H,4-10H2,1-3H3. The highest BCUT2D eigenvalue weighted by Crippen LogP contribution is 2.14. The smallest absolute Gasteiger partial charge is 0.0599 e. The van der Waals surface area contributed by atoms with Crippen LogP contribution in [0.2, 0.25) is 0 Å². The van der Waals surface area contributed by atoms with Crippen LogP contribution >= 0.6 is 0 Å². The Bertz CT molecular complexity index is 159. The maximum Gasteiger partial charge on any atom is 0.0599 e. The summed E-state index contributed by atoms with van der Waals surface area (Å²) in [5.41, 5.74) is -0.0176. The molecule has 1 rings (SSSR count). The Hall–Kier alpha value is -0.120. The molecule has 90 valence electrons. The van der Waals surface area contributed by atoms with E-state index in [1.807, 2.05) is 0 Å². The topological polar surface area (TPSA) is 30.5 Å². The first-order valence-corrected chi connectivity index (χ1v) is 6.04. The number of hydrogen-bond donors (Lipinski definition) is 1. The van der Waals surface area contributed by atoms with Crippen molar-refractivity contribution in [3.05, 3.63) is 0 Å². The van der Waals surface area contributed by atoms with Crippen molar-refractivity contribution in [1.29, 1.82) is 0 Å². The molecule has 15 heavy (non-hydrogen) atoms. The van der Waals surface area contributed by atoms with E-state index in [1.165, 1.54) is 12.8 Å². The van der Waals surface area contributed by atoms with Crippen LogP contribution in [0.4, 0.5) is 0 Å². The van der Waals surface area contributed by atoms with Gasteiger partial charge in [0.25, 0.3) is 0 Å². The second-order valence-electron chi connectivity index (χ2n) is 5.13. The first kappa shape index (κ1) is 12.9. The lowest BCUT2D eigenvalue weighted by Crippen LogP contribution is -2.28. The summed E-state index contributed by atoms with van der Waals surface area (Å²) >= 11 is 0. The van der Waals surface area contributed by atoms with Crippen molar-refractivity contribution in [2.75, 3.05) is 26.3 Å². The highest BCUT2D eigenvalue weighted by atomic mass is 16.5. The van der Waals surface area contributed by atoms with Gasteiger partial charge in [0, 0.05) is 13.2 Å². The summed E-state index contributed by atoms with van der Waals surface area (Å²) in [6.07, 6.45) is 4.11. The van der Waals surface area contributed by atoms with E-state index in [4.69, 9.17) is 9.47 Å². The van der Waals surface area contributed by atoms with Gasteiger partial charge in [-0.1, -0.05) is 0 Å². The van der Waals surface area contributed by atoms with Crippen molar-refractivity contribution >= 4 is 0 Å². The molecule has 1 aliphatic heterocycles. The number of nitrogens with one attached hydrogen (secondary N) is 1. The van der Waals surface area contributed by atoms with Crippen molar-refractivity contribution in [3.63, 3.8) is 0 Å². The van der Waals surface area contributed by atoms with E-state index in [9.17, 15) is 0 Å². The Morgan fingerprint density at radius 2 is 2.13 bits per heavy atom. The molecule has 0 aromatic heterocycles. The summed E-state index contributed by atoms with van der Waals surface area (Å²) in [6.45, 7) is 9.97. The Labute approximate surface area is 93.5 Å². The van der Waals surface area contributed by atoms with Gasteiger partial charge in [-0.15, -0.1) is 0 Å². The van der Waals surface area contributed by atoms with Gasteiger partial charge in [0.05, 0.1) is 18.3 Å². The van der Waals surface area contributed by atoms with Gasteiger partial charge in [-0.2, -0.15) is 0 Å². The third kappa shape index (κ3) is 6.88. The van der Waals surface area contributed by atoms with E-state index in [2.05, 4.69) is 26.1 Å². The first-order chi connectivity index (χ1) is 7.08. The zero-order valence-electron chi connectivity index (χ0n) is 10.3. The van der Waals surface area contributed by atoms with Crippen LogP contribution in [0, 0.1) is 0 Å². The lowest BCUT2D eigenvalue weighted by atomic mass is 10.2. The molecule has 0 amide bonds. The third-order valence-electron chi connectivity index (χ3n) is 2.48. The van der Waals surface area contributed by atoms with E-state index < -0.39 is 0 Å². The van der Waals surface area contributed by atoms with Crippen LogP contribution in [0.3, 0.4) is 0 Å². The van der Waals surface area contributed by atoms with Crippen LogP contribution in [0.1, 0.15) is 40.0 Å². The second kappa shape index (κ2) is 6.46. The first-order valence-electron chi connectivity index (χ1n) is 6.04. The van der Waals surface area contributed by atoms with Crippen molar-refractivity contribution in [1.82, 2.24) is 5.32 Å². The van der Waals surface area contributed by atoms with Crippen molar-refractivity contribution in [2.45, 2.75) is 51.7 Å². The predicted octanol–water partition coefficient (Wildman–Crippen LogP) is 1.96. The summed E-state index contributed by atoms with van der Waals surface area (Å²) in [6, 6.07) is 0. The van der Waals surface area contributed by atoms with Gasteiger partial charge in [-0.3, -0.25) is 0 Å². The van der Waals surface area contributed by atoms with Gasteiger partial charge in [0.15, 0.2) is 0 Å². The molecule has 1 heterocycles. The van der Waals surface area contributed by atoms with Crippen molar-refractivity contribution < 1.29 is 9.47 Å². The number of rotatable bonds is 6. The fourth-order valence-corrected chi connectivity index (χ4v) is 1.69. The molecule has 1 saturated heterocycles. The van der Waals surface area contributed by atoms with Crippen molar-refractivity contribution in [2.24, 2.45) is 0 Å². The summed E-state index contributed by atoms with van der Waals surface area (Å²) < 4.78 is 11.2. The number of ether oxygens (including phenoxy) is 2. The molecule has 0 aliphatic carbocycles. The molecule has 1 atom stereocenters. The van der Waals surface area contributed by atoms with Crippen LogP contribution in [-0.2, 0) is 9.47 Å². The molecule has 3 heteroatoms. The Balaban J connectivity index is 1.84. The minimum Gasteiger partial charge on any atom is -0.378 e. The zero-order valence-corrected chi connectivity index (χ0v) is 10.3. The molecule has 0 aromatic carbocycles. The lowest BCUT2D eigenvalue weighted by molar-refractivity contribution is -0.00109. The maximum absolute atomic E-state index is 5.61. The summed E-state index contributed by atoms with van der Waals surface area (Å²) in [4.78, 5) is 0. The monoisotopic (exact) mass is 215 g/mol. The molecular weight excluding hydrogens is 190 g/mol. The Morgan fingerprint density at radius 1 is 1.33 bits per heavy atom. The molecule has 1 unspecified atom stereocenters. The molecule has 1 fully saturated rings. The van der Waals surface area contributed by atoms with Gasteiger partial charge in [-0.25, -0.2) is 0 Å². The molecule has 0 bridgehead atoms. The molecule has 0 spiro atoms. The number of hydrogen-bond acceptors (Lipinski definition) is 3. The van der Waals surface area contributed by atoms with E-state index in [1.54, 1.807) is 0 Å². The van der Waals surface area contributed by atoms with Gasteiger partial charge in [-0.05, 0) is 46.6 Å². The SMILES string of the molecule is CC(C)(C)OCCNCCC1CCCO1. The van der Waals surface area contributed by atoms with Crippen LogP contribution in [-0.4, -0.2) is 38.0 Å². The minimum absolute atomic E-state index is 0.0176. The molecule has 0 radical (unpaired) electrons. The van der Waals surface area contributed by atoms with Crippen LogP contribution in [0.5, 0.6) is 0 Å². The van der Waals surface area contributed by atoms with Crippen LogP contribution in [0.25, 0.3) is 0 Å². The van der Waals surface area contributed by atoms with Gasteiger partial charge >= 0.3 is 0 Å². The maximum atomic E-state index is 5.61. The fraction of sp³-hybridized carbons (Fsp3) is 1.00. The summed E-state index contributed by atoms with van der Waals surface area (Å²) in [5.74, 6) is 0. The largest absolute Gasteiger partial charge is 0.378 e. The predicted molar refractivity (Wildman–Crippen MR) is 62.2 cm³/mol. The third-order valence-corrected chi connectivity index (χ3v) is 2.48. The summed E-state index contributed by atoms with van der Waals surface area (Å²) in [5, 5.41) is 3.38. The highest BCUT2D eigenvalue weighted by molar-refractivity contribution is 4.66. The molecule has 3 nitrogen and oxygen atoms in total. The van der Waals surface area contributed by atoms with E-state index in [0.717, 1.165) is 32.7 Å². The molecule has 0 saturated carbocycles. The lowest BCUT2D eigenvalue weighted by Gasteiger charge is -2.19. The Kier molecular flexibility index (Phi) is 5.58. The normalized spacial score (nSPS) is 22.2. The minimum atomic E-state index is -0.0176. The van der Waals surface area contributed by atoms with E-state index >= 15 is 0 Å². The van der Waals surface area contributed by atoms with Gasteiger partial charge < -0.3 is 14.8 Å². The van der Waals surface area contributed by atoms with Gasteiger partial charge in [0.2, 0.25) is 0 Å². The van der Waals surface area contributed by atoms with Crippen molar-refractivity contribution in [3.8, 4) is 0 Å². The van der Waals surface area contributed by atoms with Crippen LogP contribution < -0.4 is 5.32 Å². The molecular formula is C12H25NO2. The van der Waals surface area contributed by atoms with Gasteiger partial charge in [0.1, 0.15) is 0 Å². The van der Waals surface area contributed by atoms with Crippen LogP contribution in [0.15, 0.2) is 0 Å². The highest BCUT2D eigenvalue weighted by Gasteiger charge is 2.14.